The first-order valence-electron chi connectivity index (χ1n) is 27.5. The van der Waals surface area contributed by atoms with Crippen molar-refractivity contribution in [3.8, 4) is 50.9 Å². The van der Waals surface area contributed by atoms with Gasteiger partial charge >= 0.3 is 0 Å². The molecule has 13 aromatic rings. The van der Waals surface area contributed by atoms with Gasteiger partial charge in [0, 0.05) is 44.3 Å². The number of nitrogens with zero attached hydrogens (tertiary/aromatic N) is 4. The average molecular weight is 1240 g/mol. The van der Waals surface area contributed by atoms with Crippen molar-refractivity contribution in [2.75, 3.05) is 0 Å². The number of benzene rings is 10. The molecule has 0 amide bonds. The molecule has 398 valence electrons. The molecule has 0 fully saturated rings. The molecule has 0 aliphatic rings. The summed E-state index contributed by atoms with van der Waals surface area (Å²) in [6.45, 7) is 13.5. The van der Waals surface area contributed by atoms with Gasteiger partial charge in [0.05, 0.1) is 16.7 Å². The number of para-hydroxylation sites is 4. The standard InChI is InChI=1S/C74H60N4OSi.Pt/c1-73(2,3)54-26-20-24-52(46-54)63-37-23-38-64(53-25-21-35-62(47-53)80(59-29-10-7-11-30-59,60-31-12-8-13-32-60)61-33-14-9-15-34-61)72(63)77-51-76(68-40-18-19-41-69(68)77)56-27-22-28-57(49-56)79-58-42-43-66-65-36-16-17-39-67(65)78(70(66)50-58)71-48-55(44-45-75-71)74(4,5)6;/h7-48H,1-6H3;/q-2;. The van der Waals surface area contributed by atoms with E-state index in [0.29, 0.717) is 11.5 Å². The molecule has 0 saturated carbocycles. The molecule has 81 heavy (non-hydrogen) atoms. The summed E-state index contributed by atoms with van der Waals surface area (Å²) < 4.78 is 13.3. The molecule has 3 aromatic heterocycles. The number of imidazole rings is 1. The van der Waals surface area contributed by atoms with Crippen LogP contribution in [0.3, 0.4) is 0 Å². The van der Waals surface area contributed by atoms with Crippen LogP contribution in [0.1, 0.15) is 52.7 Å². The van der Waals surface area contributed by atoms with Crippen molar-refractivity contribution in [3.63, 3.8) is 0 Å². The van der Waals surface area contributed by atoms with Crippen LogP contribution in [0.15, 0.2) is 255 Å². The van der Waals surface area contributed by atoms with Crippen molar-refractivity contribution in [1.29, 1.82) is 0 Å². The molecule has 7 heteroatoms. The Bertz CT molecular complexity index is 4320. The summed E-state index contributed by atoms with van der Waals surface area (Å²) >= 11 is 0. The Labute approximate surface area is 490 Å². The molecule has 0 aliphatic carbocycles. The third kappa shape index (κ3) is 9.67. The van der Waals surface area contributed by atoms with Gasteiger partial charge in [-0.2, -0.15) is 18.2 Å². The molecule has 0 saturated heterocycles. The summed E-state index contributed by atoms with van der Waals surface area (Å²) in [4.78, 5) is 4.90. The molecule has 10 aromatic carbocycles. The van der Waals surface area contributed by atoms with Crippen molar-refractivity contribution >= 4 is 61.7 Å². The van der Waals surface area contributed by atoms with Gasteiger partial charge in [0.25, 0.3) is 6.33 Å². The molecular weight excluding hydrogens is 1180 g/mol. The fourth-order valence-corrected chi connectivity index (χ4v) is 16.5. The van der Waals surface area contributed by atoms with Crippen LogP contribution < -0.4 is 30.1 Å². The van der Waals surface area contributed by atoms with E-state index in [-0.39, 0.29) is 31.9 Å². The van der Waals surface area contributed by atoms with E-state index in [1.54, 1.807) is 0 Å². The van der Waals surface area contributed by atoms with Gasteiger partial charge in [-0.05, 0) is 94.2 Å². The summed E-state index contributed by atoms with van der Waals surface area (Å²) in [6, 6.07) is 97.4. The van der Waals surface area contributed by atoms with Crippen LogP contribution >= 0.6 is 0 Å². The quantitative estimate of drug-likeness (QED) is 0.0560. The molecule has 0 aliphatic heterocycles. The Balaban J connectivity index is 0.00000651. The van der Waals surface area contributed by atoms with Crippen LogP contribution in [0.4, 0.5) is 0 Å². The Kier molecular flexibility index (Phi) is 14.0. The van der Waals surface area contributed by atoms with Crippen LogP contribution in [0, 0.1) is 18.5 Å². The van der Waals surface area contributed by atoms with Crippen molar-refractivity contribution in [3.05, 3.63) is 285 Å². The molecule has 3 heterocycles. The summed E-state index contributed by atoms with van der Waals surface area (Å²) in [5, 5.41) is 7.50. The maximum absolute atomic E-state index is 6.77. The molecule has 0 spiro atoms. The fraction of sp³-hybridized carbons (Fsp3) is 0.108. The number of fused-ring (bicyclic) bond motifs is 4. The van der Waals surface area contributed by atoms with Crippen molar-refractivity contribution in [1.82, 2.24) is 14.1 Å². The molecule has 0 N–H and O–H groups in total. The maximum atomic E-state index is 6.77. The van der Waals surface area contributed by atoms with E-state index >= 15 is 0 Å². The minimum Gasteiger partial charge on any atom is -0.510 e. The fourth-order valence-electron chi connectivity index (χ4n) is 11.7. The third-order valence-electron chi connectivity index (χ3n) is 15.7. The Morgan fingerprint density at radius 2 is 1.00 bits per heavy atom. The number of hydrogen-bond donors (Lipinski definition) is 0. The molecule has 0 atom stereocenters. The van der Waals surface area contributed by atoms with E-state index in [4.69, 9.17) is 9.72 Å². The molecule has 0 radical (unpaired) electrons. The second-order valence-electron chi connectivity index (χ2n) is 22.8. The smallest absolute Gasteiger partial charge is 0.268 e. The molecule has 0 bridgehead atoms. The second kappa shape index (κ2) is 21.4. The number of rotatable bonds is 11. The molecule has 5 nitrogen and oxygen atoms in total. The van der Waals surface area contributed by atoms with E-state index in [9.17, 15) is 0 Å². The van der Waals surface area contributed by atoms with E-state index < -0.39 is 8.07 Å². The van der Waals surface area contributed by atoms with Crippen LogP contribution in [0.2, 0.25) is 0 Å². The van der Waals surface area contributed by atoms with Gasteiger partial charge < -0.3 is 13.9 Å². The first-order valence-corrected chi connectivity index (χ1v) is 29.5. The van der Waals surface area contributed by atoms with Crippen LogP contribution in [0.5, 0.6) is 11.5 Å². The predicted molar refractivity (Wildman–Crippen MR) is 332 cm³/mol. The number of aromatic nitrogens is 4. The van der Waals surface area contributed by atoms with Crippen molar-refractivity contribution < 1.29 is 30.4 Å². The van der Waals surface area contributed by atoms with Gasteiger partial charge in [0.15, 0.2) is 8.07 Å². The zero-order chi connectivity index (χ0) is 54.6. The SMILES string of the molecule is CC(C)(C)c1cccc(-c2cccc(-c3cccc([Si](c4ccccc4)(c4ccccc4)c4ccccc4)c3)c2-[n+]2[c-]n(-c3[c-]c(Oc4[c-]c5c(cc4)c4ccccc4n5-c4cc(C(C)(C)C)ccn4)ccc3)c3ccccc32)c1.[Pt]. The van der Waals surface area contributed by atoms with Gasteiger partial charge in [0.1, 0.15) is 5.82 Å². The van der Waals surface area contributed by atoms with Crippen LogP contribution in [-0.4, -0.2) is 22.2 Å². The average Bonchev–Trinajstić information content (AvgIpc) is 4.19. The van der Waals surface area contributed by atoms with Gasteiger partial charge in [0.2, 0.25) is 0 Å². The van der Waals surface area contributed by atoms with Gasteiger partial charge in [-0.15, -0.1) is 29.7 Å². The number of hydrogen-bond acceptors (Lipinski definition) is 2. The van der Waals surface area contributed by atoms with E-state index in [1.165, 1.54) is 31.9 Å². The summed E-state index contributed by atoms with van der Waals surface area (Å²) in [5.74, 6) is 1.98. The Morgan fingerprint density at radius 3 is 1.67 bits per heavy atom. The van der Waals surface area contributed by atoms with E-state index in [1.807, 2.05) is 24.4 Å². The van der Waals surface area contributed by atoms with Crippen molar-refractivity contribution in [2.24, 2.45) is 0 Å². The Morgan fingerprint density at radius 1 is 0.457 bits per heavy atom. The second-order valence-corrected chi connectivity index (χ2v) is 26.6. The minimum absolute atomic E-state index is 0. The Hall–Kier alpha value is -8.67. The topological polar surface area (TPSA) is 35.9 Å². The van der Waals surface area contributed by atoms with Gasteiger partial charge in [-0.3, -0.25) is 4.57 Å². The molecular formula is C74H60N4OPtSi-2. The summed E-state index contributed by atoms with van der Waals surface area (Å²) in [6.07, 6.45) is 5.82. The first-order chi connectivity index (χ1) is 38.9. The zero-order valence-corrected chi connectivity index (χ0v) is 49.5. The summed E-state index contributed by atoms with van der Waals surface area (Å²) in [7, 11) is -2.87. The van der Waals surface area contributed by atoms with E-state index in [0.717, 1.165) is 72.3 Å². The minimum atomic E-state index is -2.87. The molecule has 0 unspecified atom stereocenters. The summed E-state index contributed by atoms with van der Waals surface area (Å²) in [5.41, 5.74) is 12.6. The predicted octanol–water partition coefficient (Wildman–Crippen LogP) is 14.9. The number of pyridine rings is 1. The van der Waals surface area contributed by atoms with Gasteiger partial charge in [-0.25, -0.2) is 4.98 Å². The maximum Gasteiger partial charge on any atom is 0.268 e. The largest absolute Gasteiger partial charge is 0.510 e. The van der Waals surface area contributed by atoms with Crippen LogP contribution in [0.25, 0.3) is 72.3 Å². The van der Waals surface area contributed by atoms with Crippen molar-refractivity contribution in [2.45, 2.75) is 52.4 Å². The normalized spacial score (nSPS) is 12.0. The monoisotopic (exact) mass is 1240 g/mol. The number of ether oxygens (including phenoxy) is 1. The van der Waals surface area contributed by atoms with Gasteiger partial charge in [-0.1, -0.05) is 247 Å². The third-order valence-corrected chi connectivity index (χ3v) is 20.5. The molecule has 13 rings (SSSR count). The first kappa shape index (κ1) is 53.0. The zero-order valence-electron chi connectivity index (χ0n) is 46.3. The van der Waals surface area contributed by atoms with Crippen LogP contribution in [-0.2, 0) is 31.9 Å². The van der Waals surface area contributed by atoms with E-state index in [2.05, 4.69) is 304 Å².